The molecule has 2 fully saturated rings. The van der Waals surface area contributed by atoms with Crippen LogP contribution in [0.3, 0.4) is 0 Å². The minimum absolute atomic E-state index is 0.0463. The van der Waals surface area contributed by atoms with Crippen molar-refractivity contribution in [1.29, 1.82) is 0 Å². The van der Waals surface area contributed by atoms with Crippen LogP contribution >= 0.6 is 0 Å². The molecule has 0 atom stereocenters. The number of carbonyl (C=O) groups excluding carboxylic acids is 2. The van der Waals surface area contributed by atoms with Gasteiger partial charge in [-0.1, -0.05) is 0 Å². The number of nitrogens with one attached hydrogen (secondary N) is 3. The van der Waals surface area contributed by atoms with Crippen LogP contribution in [0.2, 0.25) is 0 Å². The Balaban J connectivity index is 1.16. The smallest absolute Gasteiger partial charge is 0.267 e. The van der Waals surface area contributed by atoms with E-state index in [0.29, 0.717) is 68.0 Å². The van der Waals surface area contributed by atoms with Gasteiger partial charge in [0.2, 0.25) is 5.91 Å². The van der Waals surface area contributed by atoms with Crippen LogP contribution in [-0.2, 0) is 4.79 Å². The highest BCUT2D eigenvalue weighted by Crippen LogP contribution is 2.36. The second-order valence-corrected chi connectivity index (χ2v) is 8.50. The molecule has 172 valence electrons. The molecule has 5 rings (SSSR count). The lowest BCUT2D eigenvalue weighted by Gasteiger charge is -2.43. The Hall–Kier alpha value is -3.53. The van der Waals surface area contributed by atoms with Gasteiger partial charge >= 0.3 is 0 Å². The molecule has 0 unspecified atom stereocenters. The Morgan fingerprint density at radius 3 is 2.73 bits per heavy atom. The van der Waals surface area contributed by atoms with Crippen molar-refractivity contribution in [3.8, 4) is 0 Å². The lowest BCUT2D eigenvalue weighted by Crippen LogP contribution is -2.57. The molecule has 2 aliphatic rings. The molecular formula is C23H24F2N6O2. The normalized spacial score (nSPS) is 18.1. The predicted octanol–water partition coefficient (Wildman–Crippen LogP) is 2.00. The van der Waals surface area contributed by atoms with E-state index in [4.69, 9.17) is 0 Å². The number of piperidine rings is 1. The van der Waals surface area contributed by atoms with Crippen molar-refractivity contribution in [2.75, 3.05) is 37.7 Å². The van der Waals surface area contributed by atoms with E-state index in [-0.39, 0.29) is 17.6 Å². The highest BCUT2D eigenvalue weighted by atomic mass is 19.1. The number of rotatable bonds is 5. The zero-order valence-corrected chi connectivity index (χ0v) is 17.9. The molecule has 1 spiro atoms. The highest BCUT2D eigenvalue weighted by molar-refractivity contribution is 5.98. The molecule has 10 heteroatoms. The van der Waals surface area contributed by atoms with Crippen molar-refractivity contribution < 1.29 is 18.4 Å². The lowest BCUT2D eigenvalue weighted by atomic mass is 9.85. The van der Waals surface area contributed by atoms with Crippen molar-refractivity contribution in [3.63, 3.8) is 0 Å². The number of H-pyrrole nitrogens is 1. The summed E-state index contributed by atoms with van der Waals surface area (Å²) in [4.78, 5) is 36.2. The molecule has 8 nitrogen and oxygen atoms in total. The van der Waals surface area contributed by atoms with E-state index in [1.807, 2.05) is 4.90 Å². The maximum absolute atomic E-state index is 13.7. The Labute approximate surface area is 189 Å². The summed E-state index contributed by atoms with van der Waals surface area (Å²) < 4.78 is 27.0. The third-order valence-corrected chi connectivity index (χ3v) is 6.56. The maximum atomic E-state index is 13.7. The summed E-state index contributed by atoms with van der Waals surface area (Å²) in [5, 5.41) is 6.42. The number of nitrogens with zero attached hydrogens (tertiary/aromatic N) is 3. The summed E-state index contributed by atoms with van der Waals surface area (Å²) in [5.74, 6) is -1.08. The monoisotopic (exact) mass is 454 g/mol. The number of pyridine rings is 1. The van der Waals surface area contributed by atoms with Crippen LogP contribution in [0, 0.1) is 11.6 Å². The maximum Gasteiger partial charge on any atom is 0.267 e. The topological polar surface area (TPSA) is 93.4 Å². The number of amides is 2. The van der Waals surface area contributed by atoms with Crippen molar-refractivity contribution in [2.24, 2.45) is 0 Å². The van der Waals surface area contributed by atoms with Gasteiger partial charge in [-0.05, 0) is 37.1 Å². The van der Waals surface area contributed by atoms with Gasteiger partial charge in [0.1, 0.15) is 22.9 Å². The minimum atomic E-state index is -0.713. The first-order valence-corrected chi connectivity index (χ1v) is 10.9. The quantitative estimate of drug-likeness (QED) is 0.549. The molecule has 2 aromatic heterocycles. The van der Waals surface area contributed by atoms with Crippen molar-refractivity contribution >= 4 is 28.4 Å². The summed E-state index contributed by atoms with van der Waals surface area (Å²) in [6.45, 7) is 2.76. The van der Waals surface area contributed by atoms with Crippen LogP contribution < -0.4 is 15.5 Å². The molecule has 0 bridgehead atoms. The number of benzene rings is 1. The fourth-order valence-electron chi connectivity index (χ4n) is 4.77. The zero-order valence-electron chi connectivity index (χ0n) is 17.9. The Morgan fingerprint density at radius 1 is 1.12 bits per heavy atom. The van der Waals surface area contributed by atoms with E-state index in [1.54, 1.807) is 18.3 Å². The van der Waals surface area contributed by atoms with Gasteiger partial charge in [-0.15, -0.1) is 0 Å². The highest BCUT2D eigenvalue weighted by Gasteiger charge is 2.50. The Bertz CT molecular complexity index is 1200. The first kappa shape index (κ1) is 21.3. The lowest BCUT2D eigenvalue weighted by molar-refractivity contribution is -0.125. The van der Waals surface area contributed by atoms with Gasteiger partial charge in [-0.25, -0.2) is 8.78 Å². The van der Waals surface area contributed by atoms with Crippen LogP contribution in [0.1, 0.15) is 23.3 Å². The fraction of sp³-hybridized carbons (Fsp3) is 0.348. The molecular weight excluding hydrogens is 430 g/mol. The minimum Gasteiger partial charge on any atom is -0.351 e. The van der Waals surface area contributed by atoms with E-state index in [9.17, 15) is 18.4 Å². The van der Waals surface area contributed by atoms with E-state index < -0.39 is 11.4 Å². The van der Waals surface area contributed by atoms with Gasteiger partial charge in [0.25, 0.3) is 5.91 Å². The second kappa shape index (κ2) is 8.43. The summed E-state index contributed by atoms with van der Waals surface area (Å²) in [6.07, 6.45) is 3.91. The molecule has 2 saturated heterocycles. The van der Waals surface area contributed by atoms with E-state index in [2.05, 4.69) is 25.5 Å². The predicted molar refractivity (Wildman–Crippen MR) is 119 cm³/mol. The molecule has 3 N–H and O–H groups in total. The van der Waals surface area contributed by atoms with Crippen LogP contribution in [0.4, 0.5) is 14.5 Å². The van der Waals surface area contributed by atoms with Crippen LogP contribution in [-0.4, -0.2) is 65.1 Å². The summed E-state index contributed by atoms with van der Waals surface area (Å²) in [5.41, 5.74) is 0.965. The van der Waals surface area contributed by atoms with Crippen LogP contribution in [0.25, 0.3) is 10.9 Å². The SMILES string of the molecule is O=C(NCCN1CCC2(CC1)C(=O)NCN2c1cncc(F)c1)c1cc2cc(F)ccc2[nH]1. The standard InChI is InChI=1S/C23H24F2N6O2/c24-16-1-2-19-15(9-16)10-20(29-19)21(32)27-5-8-30-6-3-23(4-7-30)22(33)28-14-31(23)18-11-17(25)12-26-13-18/h1-2,9-13,29H,3-8,14H2,(H,27,32)(H,28,33). The van der Waals surface area contributed by atoms with Gasteiger partial charge in [-0.3, -0.25) is 14.6 Å². The molecule has 0 aliphatic carbocycles. The average Bonchev–Trinajstić information content (AvgIpc) is 3.36. The molecule has 1 aromatic carbocycles. The zero-order chi connectivity index (χ0) is 23.0. The number of aromatic amines is 1. The number of likely N-dealkylation sites (tertiary alicyclic amines) is 1. The van der Waals surface area contributed by atoms with Gasteiger partial charge < -0.3 is 25.4 Å². The summed E-state index contributed by atoms with van der Waals surface area (Å²) in [7, 11) is 0. The summed E-state index contributed by atoms with van der Waals surface area (Å²) in [6, 6.07) is 7.37. The Morgan fingerprint density at radius 2 is 1.94 bits per heavy atom. The van der Waals surface area contributed by atoms with E-state index >= 15 is 0 Å². The number of hydrogen-bond donors (Lipinski definition) is 3. The fourth-order valence-corrected chi connectivity index (χ4v) is 4.77. The third-order valence-electron chi connectivity index (χ3n) is 6.56. The van der Waals surface area contributed by atoms with Crippen molar-refractivity contribution in [2.45, 2.75) is 18.4 Å². The molecule has 3 aromatic rings. The first-order valence-electron chi connectivity index (χ1n) is 10.9. The largest absolute Gasteiger partial charge is 0.351 e. The third kappa shape index (κ3) is 4.02. The number of aromatic nitrogens is 2. The van der Waals surface area contributed by atoms with Gasteiger partial charge in [-0.2, -0.15) is 0 Å². The van der Waals surface area contributed by atoms with Gasteiger partial charge in [0.05, 0.1) is 24.7 Å². The Kier molecular flexibility index (Phi) is 5.45. The molecule has 0 saturated carbocycles. The molecule has 4 heterocycles. The van der Waals surface area contributed by atoms with E-state index in [0.717, 1.165) is 6.20 Å². The first-order chi connectivity index (χ1) is 15.9. The van der Waals surface area contributed by atoms with Gasteiger partial charge in [0, 0.05) is 43.1 Å². The number of anilines is 1. The number of fused-ring (bicyclic) bond motifs is 1. The number of hydrogen-bond acceptors (Lipinski definition) is 5. The summed E-state index contributed by atoms with van der Waals surface area (Å²) >= 11 is 0. The van der Waals surface area contributed by atoms with Crippen LogP contribution in [0.15, 0.2) is 42.7 Å². The van der Waals surface area contributed by atoms with E-state index in [1.165, 1.54) is 18.2 Å². The van der Waals surface area contributed by atoms with Crippen LogP contribution in [0.5, 0.6) is 0 Å². The molecule has 0 radical (unpaired) electrons. The molecule has 2 aliphatic heterocycles. The molecule has 2 amide bonds. The second-order valence-electron chi connectivity index (χ2n) is 8.50. The van der Waals surface area contributed by atoms with Crippen molar-refractivity contribution in [3.05, 3.63) is 60.1 Å². The molecule has 33 heavy (non-hydrogen) atoms. The average molecular weight is 454 g/mol. The van der Waals surface area contributed by atoms with Gasteiger partial charge in [0.15, 0.2) is 0 Å². The number of halogens is 2. The number of carbonyl (C=O) groups is 2. The van der Waals surface area contributed by atoms with Crippen molar-refractivity contribution in [1.82, 2.24) is 25.5 Å².